The van der Waals surface area contributed by atoms with Gasteiger partial charge in [-0.25, -0.2) is 12.8 Å². The van der Waals surface area contributed by atoms with Gasteiger partial charge in [-0.05, 0) is 55.5 Å². The van der Waals surface area contributed by atoms with Crippen LogP contribution in [0.1, 0.15) is 63.9 Å². The lowest BCUT2D eigenvalue weighted by Gasteiger charge is -2.33. The first kappa shape index (κ1) is 30.4. The van der Waals surface area contributed by atoms with Crippen molar-refractivity contribution in [1.82, 2.24) is 10.2 Å². The number of amides is 2. The average Bonchev–Trinajstić information content (AvgIpc) is 2.91. The van der Waals surface area contributed by atoms with Crippen molar-refractivity contribution in [2.75, 3.05) is 24.2 Å². The van der Waals surface area contributed by atoms with E-state index in [1.54, 1.807) is 18.1 Å². The summed E-state index contributed by atoms with van der Waals surface area (Å²) in [5.74, 6) is -0.456. The smallest absolute Gasteiger partial charge is 0.243 e. The molecule has 1 atom stereocenters. The van der Waals surface area contributed by atoms with Crippen molar-refractivity contribution in [2.45, 2.75) is 76.9 Å². The van der Waals surface area contributed by atoms with Crippen molar-refractivity contribution in [3.63, 3.8) is 0 Å². The SMILES string of the molecule is CCC(C(=O)NC1CCCCC1)N(Cc1cccc(OC)c1)C(=O)CCCN(c1ccccc1F)S(C)(=O)=O. The zero-order valence-corrected chi connectivity index (χ0v) is 23.9. The number of rotatable bonds is 13. The number of benzene rings is 2. The van der Waals surface area contributed by atoms with Crippen LogP contribution >= 0.6 is 0 Å². The molecular formula is C29H40FN3O5S. The molecule has 0 saturated heterocycles. The number of sulfonamides is 1. The first-order chi connectivity index (χ1) is 18.6. The van der Waals surface area contributed by atoms with E-state index in [2.05, 4.69) is 5.32 Å². The largest absolute Gasteiger partial charge is 0.497 e. The van der Waals surface area contributed by atoms with Crippen molar-refractivity contribution in [3.05, 3.63) is 59.9 Å². The third-order valence-corrected chi connectivity index (χ3v) is 8.28. The Morgan fingerprint density at radius 2 is 1.82 bits per heavy atom. The van der Waals surface area contributed by atoms with Crippen LogP contribution in [0, 0.1) is 5.82 Å². The summed E-state index contributed by atoms with van der Waals surface area (Å²) in [6, 6.07) is 12.4. The van der Waals surface area contributed by atoms with E-state index in [4.69, 9.17) is 4.74 Å². The Labute approximate surface area is 231 Å². The molecule has 1 fully saturated rings. The highest BCUT2D eigenvalue weighted by Crippen LogP contribution is 2.24. The molecule has 1 N–H and O–H groups in total. The number of methoxy groups -OCH3 is 1. The zero-order valence-electron chi connectivity index (χ0n) is 23.1. The van der Waals surface area contributed by atoms with Gasteiger partial charge < -0.3 is 15.0 Å². The Balaban J connectivity index is 1.78. The second kappa shape index (κ2) is 14.3. The third-order valence-electron chi connectivity index (χ3n) is 7.10. The standard InChI is InChI=1S/C29H40FN3O5S/c1-4-26(29(35)31-23-13-6-5-7-14-23)32(21-22-12-10-15-24(20-22)38-2)28(34)18-11-19-33(39(3,36)37)27-17-9-8-16-25(27)30/h8-10,12,15-17,20,23,26H,4-7,11,13-14,18-19,21H2,1-3H3,(H,31,35). The number of para-hydroxylation sites is 1. The summed E-state index contributed by atoms with van der Waals surface area (Å²) in [6.45, 7) is 2.01. The van der Waals surface area contributed by atoms with Gasteiger partial charge in [0, 0.05) is 25.6 Å². The van der Waals surface area contributed by atoms with Gasteiger partial charge in [0.1, 0.15) is 17.6 Å². The van der Waals surface area contributed by atoms with Crippen molar-refractivity contribution in [2.24, 2.45) is 0 Å². The van der Waals surface area contributed by atoms with Gasteiger partial charge in [0.05, 0.1) is 19.1 Å². The van der Waals surface area contributed by atoms with Gasteiger partial charge in [-0.3, -0.25) is 13.9 Å². The topological polar surface area (TPSA) is 96.0 Å². The molecule has 2 aromatic rings. The highest BCUT2D eigenvalue weighted by atomic mass is 32.2. The summed E-state index contributed by atoms with van der Waals surface area (Å²) in [4.78, 5) is 28.6. The molecule has 8 nitrogen and oxygen atoms in total. The molecule has 0 aliphatic heterocycles. The maximum Gasteiger partial charge on any atom is 0.243 e. The maximum absolute atomic E-state index is 14.4. The molecule has 0 spiro atoms. The molecule has 2 aromatic carbocycles. The summed E-state index contributed by atoms with van der Waals surface area (Å²) in [5.41, 5.74) is 0.759. The second-order valence-corrected chi connectivity index (χ2v) is 11.9. The van der Waals surface area contributed by atoms with E-state index in [0.29, 0.717) is 12.2 Å². The molecule has 0 bridgehead atoms. The second-order valence-electron chi connectivity index (χ2n) is 10.0. The van der Waals surface area contributed by atoms with Gasteiger partial charge in [0.25, 0.3) is 0 Å². The van der Waals surface area contributed by atoms with Gasteiger partial charge in [0.2, 0.25) is 21.8 Å². The zero-order chi connectivity index (χ0) is 28.4. The van der Waals surface area contributed by atoms with E-state index in [1.165, 1.54) is 24.6 Å². The molecule has 214 valence electrons. The number of carbonyl (C=O) groups is 2. The van der Waals surface area contributed by atoms with Crippen LogP contribution in [-0.2, 0) is 26.2 Å². The first-order valence-electron chi connectivity index (χ1n) is 13.6. The van der Waals surface area contributed by atoms with Crippen molar-refractivity contribution in [3.8, 4) is 5.75 Å². The molecule has 0 radical (unpaired) electrons. The Morgan fingerprint density at radius 1 is 1.10 bits per heavy atom. The fourth-order valence-electron chi connectivity index (χ4n) is 5.07. The van der Waals surface area contributed by atoms with Gasteiger partial charge >= 0.3 is 0 Å². The Hall–Kier alpha value is -3.14. The quantitative estimate of drug-likeness (QED) is 0.385. The summed E-state index contributed by atoms with van der Waals surface area (Å²) in [6.07, 6.45) is 6.79. The molecule has 1 unspecified atom stereocenters. The van der Waals surface area contributed by atoms with Gasteiger partial charge in [-0.15, -0.1) is 0 Å². The minimum absolute atomic E-state index is 0.00233. The summed E-state index contributed by atoms with van der Waals surface area (Å²) in [5, 5.41) is 3.15. The average molecular weight is 562 g/mol. The Kier molecular flexibility index (Phi) is 11.2. The molecule has 1 aliphatic rings. The van der Waals surface area contributed by atoms with E-state index < -0.39 is 21.9 Å². The predicted molar refractivity (Wildman–Crippen MR) is 150 cm³/mol. The van der Waals surface area contributed by atoms with E-state index in [-0.39, 0.29) is 49.5 Å². The molecule has 39 heavy (non-hydrogen) atoms. The van der Waals surface area contributed by atoms with Crippen LogP contribution in [0.5, 0.6) is 5.75 Å². The monoisotopic (exact) mass is 561 g/mol. The number of hydrogen-bond donors (Lipinski definition) is 1. The van der Waals surface area contributed by atoms with Crippen LogP contribution in [0.2, 0.25) is 0 Å². The lowest BCUT2D eigenvalue weighted by atomic mass is 9.95. The van der Waals surface area contributed by atoms with Crippen LogP contribution in [0.3, 0.4) is 0 Å². The third kappa shape index (κ3) is 8.68. The van der Waals surface area contributed by atoms with E-state index in [9.17, 15) is 22.4 Å². The number of carbonyl (C=O) groups excluding carboxylic acids is 2. The number of nitrogens with one attached hydrogen (secondary N) is 1. The Morgan fingerprint density at radius 3 is 2.46 bits per heavy atom. The molecule has 10 heteroatoms. The molecule has 0 heterocycles. The van der Waals surface area contributed by atoms with Crippen molar-refractivity contribution >= 4 is 27.5 Å². The minimum Gasteiger partial charge on any atom is -0.497 e. The Bertz CT molecular complexity index is 1220. The van der Waals surface area contributed by atoms with E-state index >= 15 is 0 Å². The summed E-state index contributed by atoms with van der Waals surface area (Å²) >= 11 is 0. The molecular weight excluding hydrogens is 521 g/mol. The van der Waals surface area contributed by atoms with Crippen molar-refractivity contribution < 1.29 is 27.1 Å². The van der Waals surface area contributed by atoms with Crippen LogP contribution in [0.15, 0.2) is 48.5 Å². The summed E-state index contributed by atoms with van der Waals surface area (Å²) in [7, 11) is -2.21. The maximum atomic E-state index is 14.4. The van der Waals surface area contributed by atoms with Crippen LogP contribution in [0.4, 0.5) is 10.1 Å². The highest BCUT2D eigenvalue weighted by Gasteiger charge is 2.30. The number of hydrogen-bond acceptors (Lipinski definition) is 5. The molecule has 1 aliphatic carbocycles. The van der Waals surface area contributed by atoms with Gasteiger partial charge in [-0.1, -0.05) is 50.5 Å². The first-order valence-corrected chi connectivity index (χ1v) is 15.4. The molecule has 2 amide bonds. The lowest BCUT2D eigenvalue weighted by molar-refractivity contribution is -0.141. The lowest BCUT2D eigenvalue weighted by Crippen LogP contribution is -2.51. The fourth-order valence-corrected chi connectivity index (χ4v) is 6.03. The van der Waals surface area contributed by atoms with Crippen LogP contribution < -0.4 is 14.4 Å². The molecule has 0 aromatic heterocycles. The van der Waals surface area contributed by atoms with Crippen LogP contribution in [-0.4, -0.2) is 57.1 Å². The number of nitrogens with zero attached hydrogens (tertiary/aromatic N) is 2. The summed E-state index contributed by atoms with van der Waals surface area (Å²) < 4.78 is 45.6. The van der Waals surface area contributed by atoms with Crippen LogP contribution in [0.25, 0.3) is 0 Å². The van der Waals surface area contributed by atoms with Crippen molar-refractivity contribution in [1.29, 1.82) is 0 Å². The minimum atomic E-state index is -3.78. The normalized spacial score (nSPS) is 14.9. The highest BCUT2D eigenvalue weighted by molar-refractivity contribution is 7.92. The van der Waals surface area contributed by atoms with E-state index in [0.717, 1.165) is 41.8 Å². The van der Waals surface area contributed by atoms with Gasteiger partial charge in [-0.2, -0.15) is 0 Å². The van der Waals surface area contributed by atoms with E-state index in [1.807, 2.05) is 31.2 Å². The van der Waals surface area contributed by atoms with Gasteiger partial charge in [0.15, 0.2) is 0 Å². The number of halogens is 1. The molecule has 1 saturated carbocycles. The molecule has 3 rings (SSSR count). The fraction of sp³-hybridized carbons (Fsp3) is 0.517. The number of ether oxygens (including phenoxy) is 1. The predicted octanol–water partition coefficient (Wildman–Crippen LogP) is 4.64. The number of anilines is 1.